The Morgan fingerprint density at radius 2 is 2.05 bits per heavy atom. The second-order valence-corrected chi connectivity index (χ2v) is 5.58. The normalized spacial score (nSPS) is 23.6. The maximum Gasteiger partial charge on any atom is 0.416 e. The lowest BCUT2D eigenvalue weighted by Crippen LogP contribution is -2.23. The van der Waals surface area contributed by atoms with E-state index in [1.807, 2.05) is 0 Å². The molecule has 0 heterocycles. The van der Waals surface area contributed by atoms with E-state index in [4.69, 9.17) is 0 Å². The van der Waals surface area contributed by atoms with Crippen LogP contribution in [-0.2, 0) is 6.18 Å². The average molecular weight is 284 g/mol. The first-order chi connectivity index (χ1) is 9.41. The quantitative estimate of drug-likeness (QED) is 0.705. The molecule has 1 saturated carbocycles. The fourth-order valence-electron chi connectivity index (χ4n) is 2.98. The summed E-state index contributed by atoms with van der Waals surface area (Å²) >= 11 is 0. The Morgan fingerprint density at radius 3 is 2.70 bits per heavy atom. The molecule has 1 aliphatic rings. The highest BCUT2D eigenvalue weighted by Crippen LogP contribution is 2.34. The molecule has 0 aromatic heterocycles. The topological polar surface area (TPSA) is 17.1 Å². The number of hydrogen-bond donors (Lipinski definition) is 0. The molecule has 0 radical (unpaired) electrons. The van der Waals surface area contributed by atoms with Crippen molar-refractivity contribution in [3.63, 3.8) is 0 Å². The average Bonchev–Trinajstić information content (AvgIpc) is 2.46. The minimum absolute atomic E-state index is 0.114. The molecule has 4 heteroatoms. The zero-order chi connectivity index (χ0) is 14.8. The van der Waals surface area contributed by atoms with Crippen LogP contribution in [0.3, 0.4) is 0 Å². The minimum Gasteiger partial charge on any atom is -0.294 e. The van der Waals surface area contributed by atoms with Crippen molar-refractivity contribution in [2.24, 2.45) is 11.8 Å². The summed E-state index contributed by atoms with van der Waals surface area (Å²) in [5.41, 5.74) is -0.548. The maximum atomic E-state index is 12.7. The molecule has 0 aliphatic heterocycles. The molecule has 2 rings (SSSR count). The van der Waals surface area contributed by atoms with E-state index in [-0.39, 0.29) is 17.3 Å². The van der Waals surface area contributed by atoms with Crippen LogP contribution >= 0.6 is 0 Å². The molecule has 1 nitrogen and oxygen atoms in total. The zero-order valence-corrected chi connectivity index (χ0v) is 11.5. The summed E-state index contributed by atoms with van der Waals surface area (Å²) < 4.78 is 38.0. The van der Waals surface area contributed by atoms with Gasteiger partial charge in [-0.15, -0.1) is 0 Å². The molecule has 110 valence electrons. The molecule has 0 spiro atoms. The molecular weight excluding hydrogens is 265 g/mol. The first-order valence-corrected chi connectivity index (χ1v) is 7.13. The Hall–Kier alpha value is -1.32. The fraction of sp³-hybridized carbons (Fsp3) is 0.562. The number of rotatable bonds is 3. The van der Waals surface area contributed by atoms with Crippen molar-refractivity contribution in [2.75, 3.05) is 0 Å². The Balaban J connectivity index is 2.17. The van der Waals surface area contributed by atoms with Crippen LogP contribution in [0, 0.1) is 11.8 Å². The molecule has 0 amide bonds. The lowest BCUT2D eigenvalue weighted by atomic mass is 9.77. The Labute approximate surface area is 117 Å². The van der Waals surface area contributed by atoms with Crippen molar-refractivity contribution in [1.29, 1.82) is 0 Å². The zero-order valence-electron chi connectivity index (χ0n) is 11.5. The second-order valence-electron chi connectivity index (χ2n) is 5.58. The number of carbonyl (C=O) groups excluding carboxylic acids is 1. The van der Waals surface area contributed by atoms with E-state index in [2.05, 4.69) is 6.92 Å². The van der Waals surface area contributed by atoms with Crippen molar-refractivity contribution in [2.45, 2.75) is 45.2 Å². The van der Waals surface area contributed by atoms with Gasteiger partial charge in [0.1, 0.15) is 0 Å². The van der Waals surface area contributed by atoms with Gasteiger partial charge in [-0.25, -0.2) is 0 Å². The molecule has 1 fully saturated rings. The Morgan fingerprint density at radius 1 is 1.30 bits per heavy atom. The highest BCUT2D eigenvalue weighted by molar-refractivity contribution is 5.98. The lowest BCUT2D eigenvalue weighted by molar-refractivity contribution is -0.137. The van der Waals surface area contributed by atoms with Crippen molar-refractivity contribution in [3.05, 3.63) is 35.4 Å². The van der Waals surface area contributed by atoms with E-state index in [9.17, 15) is 18.0 Å². The third-order valence-corrected chi connectivity index (χ3v) is 4.21. The minimum atomic E-state index is -4.39. The number of carbonyl (C=O) groups is 1. The van der Waals surface area contributed by atoms with Gasteiger partial charge in [-0.1, -0.05) is 38.3 Å². The summed E-state index contributed by atoms with van der Waals surface area (Å²) in [6.07, 6.45) is 0.370. The molecule has 2 unspecified atom stereocenters. The molecule has 0 saturated heterocycles. The number of benzene rings is 1. The first kappa shape index (κ1) is 15.1. The summed E-state index contributed by atoms with van der Waals surface area (Å²) in [7, 11) is 0. The summed E-state index contributed by atoms with van der Waals surface area (Å²) in [4.78, 5) is 12.4. The molecule has 1 aromatic rings. The SMILES string of the molecule is CCC1CCCC(C(=O)c2cccc(C(F)(F)F)c2)C1. The largest absolute Gasteiger partial charge is 0.416 e. The van der Waals surface area contributed by atoms with Crippen LogP contribution in [0.2, 0.25) is 0 Å². The third kappa shape index (κ3) is 3.41. The van der Waals surface area contributed by atoms with Gasteiger partial charge in [0.2, 0.25) is 0 Å². The molecular formula is C16H19F3O. The van der Waals surface area contributed by atoms with Gasteiger partial charge in [0.15, 0.2) is 5.78 Å². The monoisotopic (exact) mass is 284 g/mol. The van der Waals surface area contributed by atoms with Gasteiger partial charge in [-0.3, -0.25) is 4.79 Å². The van der Waals surface area contributed by atoms with Crippen LogP contribution in [-0.4, -0.2) is 5.78 Å². The van der Waals surface area contributed by atoms with Crippen LogP contribution < -0.4 is 0 Å². The number of alkyl halides is 3. The van der Waals surface area contributed by atoms with E-state index < -0.39 is 11.7 Å². The fourth-order valence-corrected chi connectivity index (χ4v) is 2.98. The van der Waals surface area contributed by atoms with Crippen molar-refractivity contribution in [1.82, 2.24) is 0 Å². The van der Waals surface area contributed by atoms with Crippen molar-refractivity contribution >= 4 is 5.78 Å². The molecule has 1 aliphatic carbocycles. The van der Waals surface area contributed by atoms with Crippen molar-refractivity contribution < 1.29 is 18.0 Å². The standard InChI is InChI=1S/C16H19F3O/c1-2-11-5-3-6-12(9-11)15(20)13-7-4-8-14(10-13)16(17,18)19/h4,7-8,10-12H,2-3,5-6,9H2,1H3. The Kier molecular flexibility index (Phi) is 4.51. The highest BCUT2D eigenvalue weighted by Gasteiger charge is 2.32. The number of ketones is 1. The summed E-state index contributed by atoms with van der Waals surface area (Å²) in [5, 5.41) is 0. The van der Waals surface area contributed by atoms with Crippen molar-refractivity contribution in [3.8, 4) is 0 Å². The Bertz CT molecular complexity index is 479. The summed E-state index contributed by atoms with van der Waals surface area (Å²) in [6.45, 7) is 2.10. The van der Waals surface area contributed by atoms with Crippen LogP contribution in [0.5, 0.6) is 0 Å². The first-order valence-electron chi connectivity index (χ1n) is 7.13. The molecule has 20 heavy (non-hydrogen) atoms. The number of Topliss-reactive ketones (excluding diaryl/α,β-unsaturated/α-hetero) is 1. The van der Waals surface area contributed by atoms with Crippen LogP contribution in [0.1, 0.15) is 54.9 Å². The highest BCUT2D eigenvalue weighted by atomic mass is 19.4. The lowest BCUT2D eigenvalue weighted by Gasteiger charge is -2.27. The van der Waals surface area contributed by atoms with E-state index in [0.29, 0.717) is 5.92 Å². The van der Waals surface area contributed by atoms with Gasteiger partial charge >= 0.3 is 6.18 Å². The smallest absolute Gasteiger partial charge is 0.294 e. The van der Waals surface area contributed by atoms with Gasteiger partial charge in [0.05, 0.1) is 5.56 Å². The number of hydrogen-bond acceptors (Lipinski definition) is 1. The van der Waals surface area contributed by atoms with Crippen LogP contribution in [0.25, 0.3) is 0 Å². The molecule has 0 N–H and O–H groups in total. The van der Waals surface area contributed by atoms with E-state index >= 15 is 0 Å². The van der Waals surface area contributed by atoms with Gasteiger partial charge in [-0.2, -0.15) is 13.2 Å². The van der Waals surface area contributed by atoms with Gasteiger partial charge in [-0.05, 0) is 30.9 Å². The molecule has 2 atom stereocenters. The van der Waals surface area contributed by atoms with E-state index in [0.717, 1.165) is 44.2 Å². The van der Waals surface area contributed by atoms with Gasteiger partial charge < -0.3 is 0 Å². The molecule has 1 aromatic carbocycles. The van der Waals surface area contributed by atoms with Crippen LogP contribution in [0.15, 0.2) is 24.3 Å². The maximum absolute atomic E-state index is 12.7. The predicted octanol–water partition coefficient (Wildman–Crippen LogP) is 5.10. The van der Waals surface area contributed by atoms with E-state index in [1.165, 1.54) is 12.1 Å². The number of halogens is 3. The van der Waals surface area contributed by atoms with Gasteiger partial charge in [0, 0.05) is 11.5 Å². The van der Waals surface area contributed by atoms with Gasteiger partial charge in [0.25, 0.3) is 0 Å². The summed E-state index contributed by atoms with van der Waals surface area (Å²) in [5.74, 6) is 0.287. The third-order valence-electron chi connectivity index (χ3n) is 4.21. The predicted molar refractivity (Wildman–Crippen MR) is 71.5 cm³/mol. The summed E-state index contributed by atoms with van der Waals surface area (Å²) in [6, 6.07) is 4.80. The van der Waals surface area contributed by atoms with Crippen LogP contribution in [0.4, 0.5) is 13.2 Å². The molecule has 0 bridgehead atoms. The second kappa shape index (κ2) is 5.98. The van der Waals surface area contributed by atoms with E-state index in [1.54, 1.807) is 0 Å².